The van der Waals surface area contributed by atoms with Crippen molar-refractivity contribution in [3.8, 4) is 0 Å². The Morgan fingerprint density at radius 2 is 1.27 bits per heavy atom. The summed E-state index contributed by atoms with van der Waals surface area (Å²) in [7, 11) is 0. The Hall–Kier alpha value is -4.12. The van der Waals surface area contributed by atoms with E-state index >= 15 is 0 Å². The maximum atomic E-state index is 13.1. The van der Waals surface area contributed by atoms with Gasteiger partial charge in [-0.3, -0.25) is 9.59 Å². The van der Waals surface area contributed by atoms with Gasteiger partial charge in [-0.05, 0) is 25.1 Å². The summed E-state index contributed by atoms with van der Waals surface area (Å²) >= 11 is 0. The molecule has 0 aliphatic carbocycles. The normalized spacial score (nSPS) is 11.1. The number of para-hydroxylation sites is 2. The summed E-state index contributed by atoms with van der Waals surface area (Å²) < 4.78 is 11.6. The highest BCUT2D eigenvalue weighted by atomic mass is 16.4. The van der Waals surface area contributed by atoms with E-state index in [1.807, 2.05) is 55.5 Å². The molecule has 0 bridgehead atoms. The number of furan rings is 2. The van der Waals surface area contributed by atoms with E-state index in [4.69, 9.17) is 8.83 Å². The lowest BCUT2D eigenvalue weighted by Crippen LogP contribution is -2.14. The summed E-state index contributed by atoms with van der Waals surface area (Å²) in [5.41, 5.74) is 2.72. The summed E-state index contributed by atoms with van der Waals surface area (Å²) in [4.78, 5) is 26.2. The summed E-state index contributed by atoms with van der Waals surface area (Å²) in [6, 6.07) is 23.5. The van der Waals surface area contributed by atoms with Gasteiger partial charge in [-0.2, -0.15) is 0 Å². The molecule has 0 unspecified atom stereocenters. The Balaban J connectivity index is 1.60. The first-order valence-electron chi connectivity index (χ1n) is 9.54. The summed E-state index contributed by atoms with van der Waals surface area (Å²) in [5, 5.41) is 4.38. The minimum Gasteiger partial charge on any atom is -0.451 e. The average Bonchev–Trinajstić information content (AvgIpc) is 3.32. The number of rotatable bonds is 4. The van der Waals surface area contributed by atoms with E-state index in [9.17, 15) is 9.59 Å². The molecule has 146 valence electrons. The van der Waals surface area contributed by atoms with Crippen molar-refractivity contribution in [2.75, 3.05) is 5.32 Å². The number of fused-ring (bicyclic) bond motifs is 2. The molecule has 0 aliphatic rings. The third-order valence-corrected chi connectivity index (χ3v) is 5.13. The lowest BCUT2D eigenvalue weighted by Gasteiger charge is -2.05. The Morgan fingerprint density at radius 3 is 1.97 bits per heavy atom. The van der Waals surface area contributed by atoms with Crippen LogP contribution in [0, 0.1) is 6.92 Å². The molecule has 0 aliphatic heterocycles. The lowest BCUT2D eigenvalue weighted by molar-refractivity contribution is 0.0997. The third kappa shape index (κ3) is 2.88. The highest BCUT2D eigenvalue weighted by molar-refractivity contribution is 6.19. The van der Waals surface area contributed by atoms with Gasteiger partial charge < -0.3 is 14.2 Å². The van der Waals surface area contributed by atoms with Crippen LogP contribution in [-0.4, -0.2) is 11.7 Å². The van der Waals surface area contributed by atoms with Crippen LogP contribution in [0.3, 0.4) is 0 Å². The second-order valence-electron chi connectivity index (χ2n) is 7.00. The van der Waals surface area contributed by atoms with Gasteiger partial charge >= 0.3 is 0 Å². The van der Waals surface area contributed by atoms with Gasteiger partial charge in [0.05, 0.1) is 5.69 Å². The average molecular weight is 395 g/mol. The van der Waals surface area contributed by atoms with Crippen LogP contribution in [0.2, 0.25) is 0 Å². The predicted octanol–water partition coefficient (Wildman–Crippen LogP) is 5.97. The third-order valence-electron chi connectivity index (χ3n) is 5.13. The number of ketones is 1. The maximum absolute atomic E-state index is 13.1. The largest absolute Gasteiger partial charge is 0.451 e. The van der Waals surface area contributed by atoms with Crippen molar-refractivity contribution in [1.29, 1.82) is 0 Å². The topological polar surface area (TPSA) is 72.5 Å². The fourth-order valence-corrected chi connectivity index (χ4v) is 3.61. The molecule has 1 amide bonds. The number of amides is 1. The molecule has 3 aromatic carbocycles. The van der Waals surface area contributed by atoms with E-state index in [2.05, 4.69) is 5.32 Å². The van der Waals surface area contributed by atoms with Gasteiger partial charge in [0.25, 0.3) is 5.91 Å². The van der Waals surface area contributed by atoms with Crippen molar-refractivity contribution in [2.24, 2.45) is 0 Å². The predicted molar refractivity (Wildman–Crippen MR) is 115 cm³/mol. The fourth-order valence-electron chi connectivity index (χ4n) is 3.61. The van der Waals surface area contributed by atoms with Crippen molar-refractivity contribution in [2.45, 2.75) is 6.92 Å². The van der Waals surface area contributed by atoms with E-state index in [-0.39, 0.29) is 17.3 Å². The van der Waals surface area contributed by atoms with Crippen molar-refractivity contribution < 1.29 is 18.4 Å². The first-order valence-corrected chi connectivity index (χ1v) is 9.54. The van der Waals surface area contributed by atoms with Gasteiger partial charge in [-0.15, -0.1) is 0 Å². The minimum atomic E-state index is -0.433. The Kier molecular flexibility index (Phi) is 4.21. The highest BCUT2D eigenvalue weighted by Gasteiger charge is 2.25. The van der Waals surface area contributed by atoms with Crippen LogP contribution in [0.1, 0.15) is 32.2 Å². The van der Waals surface area contributed by atoms with E-state index < -0.39 is 5.91 Å². The maximum Gasteiger partial charge on any atom is 0.291 e. The van der Waals surface area contributed by atoms with Gasteiger partial charge in [-0.1, -0.05) is 60.7 Å². The molecule has 0 fully saturated rings. The Bertz CT molecular complexity index is 1410. The molecule has 5 nitrogen and oxygen atoms in total. The van der Waals surface area contributed by atoms with Crippen molar-refractivity contribution in [3.05, 3.63) is 102 Å². The molecule has 5 rings (SSSR count). The zero-order chi connectivity index (χ0) is 20.7. The first kappa shape index (κ1) is 17.9. The second kappa shape index (κ2) is 7.04. The molecule has 5 aromatic rings. The van der Waals surface area contributed by atoms with Gasteiger partial charge in [0, 0.05) is 21.9 Å². The second-order valence-corrected chi connectivity index (χ2v) is 7.00. The SMILES string of the molecule is Cc1c(C(=O)Nc2c(C(=O)c3ccccc3)oc3ccccc23)oc2ccccc12. The Labute approximate surface area is 171 Å². The standard InChI is InChI=1S/C25H17NO4/c1-15-17-11-5-7-13-19(17)29-23(15)25(28)26-21-18-12-6-8-14-20(18)30-24(21)22(27)16-9-3-2-4-10-16/h2-14H,1H3,(H,26,28). The van der Waals surface area contributed by atoms with Gasteiger partial charge in [0.1, 0.15) is 11.2 Å². The zero-order valence-electron chi connectivity index (χ0n) is 16.1. The number of carbonyl (C=O) groups excluding carboxylic acids is 2. The molecule has 5 heteroatoms. The molecule has 0 spiro atoms. The number of nitrogens with one attached hydrogen (secondary N) is 1. The summed E-state index contributed by atoms with van der Waals surface area (Å²) in [5.74, 6) is -0.440. The molecule has 30 heavy (non-hydrogen) atoms. The molecule has 0 saturated heterocycles. The van der Waals surface area contributed by atoms with Crippen LogP contribution in [0.5, 0.6) is 0 Å². The molecule has 1 N–H and O–H groups in total. The van der Waals surface area contributed by atoms with Crippen LogP contribution in [-0.2, 0) is 0 Å². The number of carbonyl (C=O) groups is 2. The summed E-state index contributed by atoms with van der Waals surface area (Å²) in [6.45, 7) is 1.84. The minimum absolute atomic E-state index is 0.0875. The van der Waals surface area contributed by atoms with Gasteiger partial charge in [-0.25, -0.2) is 0 Å². The van der Waals surface area contributed by atoms with Crippen molar-refractivity contribution >= 4 is 39.3 Å². The first-order chi connectivity index (χ1) is 14.6. The van der Waals surface area contributed by atoms with E-state index in [1.54, 1.807) is 30.3 Å². The highest BCUT2D eigenvalue weighted by Crippen LogP contribution is 2.34. The number of anilines is 1. The molecular weight excluding hydrogens is 378 g/mol. The molecule has 2 aromatic heterocycles. The lowest BCUT2D eigenvalue weighted by atomic mass is 10.1. The van der Waals surface area contributed by atoms with Gasteiger partial charge in [0.2, 0.25) is 5.78 Å². The van der Waals surface area contributed by atoms with Crippen molar-refractivity contribution in [1.82, 2.24) is 0 Å². The van der Waals surface area contributed by atoms with E-state index in [0.29, 0.717) is 27.8 Å². The quantitative estimate of drug-likeness (QED) is 0.381. The Morgan fingerprint density at radius 1 is 0.700 bits per heavy atom. The van der Waals surface area contributed by atoms with Crippen LogP contribution >= 0.6 is 0 Å². The summed E-state index contributed by atoms with van der Waals surface area (Å²) in [6.07, 6.45) is 0. The van der Waals surface area contributed by atoms with Crippen molar-refractivity contribution in [3.63, 3.8) is 0 Å². The van der Waals surface area contributed by atoms with Crippen LogP contribution < -0.4 is 5.32 Å². The molecule has 0 saturated carbocycles. The molecular formula is C25H17NO4. The number of aryl methyl sites for hydroxylation is 1. The van der Waals surface area contributed by atoms with Crippen LogP contribution in [0.25, 0.3) is 21.9 Å². The van der Waals surface area contributed by atoms with Gasteiger partial charge in [0.15, 0.2) is 11.5 Å². The van der Waals surface area contributed by atoms with E-state index in [0.717, 1.165) is 10.9 Å². The number of hydrogen-bond donors (Lipinski definition) is 1. The number of benzene rings is 3. The molecule has 0 radical (unpaired) electrons. The smallest absolute Gasteiger partial charge is 0.291 e. The van der Waals surface area contributed by atoms with E-state index in [1.165, 1.54) is 0 Å². The van der Waals surface area contributed by atoms with Crippen LogP contribution in [0.4, 0.5) is 5.69 Å². The fraction of sp³-hybridized carbons (Fsp3) is 0.0400. The molecule has 2 heterocycles. The monoisotopic (exact) mass is 395 g/mol. The zero-order valence-corrected chi connectivity index (χ0v) is 16.1. The molecule has 0 atom stereocenters. The number of hydrogen-bond acceptors (Lipinski definition) is 4. The van der Waals surface area contributed by atoms with Crippen LogP contribution in [0.15, 0.2) is 87.7 Å².